The largest absolute Gasteiger partial charge is 0.369 e. The van der Waals surface area contributed by atoms with Crippen molar-refractivity contribution in [2.45, 2.75) is 72.6 Å². The van der Waals surface area contributed by atoms with Crippen molar-refractivity contribution in [3.63, 3.8) is 0 Å². The van der Waals surface area contributed by atoms with Crippen LogP contribution in [0.15, 0.2) is 11.1 Å². The normalized spacial score (nSPS) is 20.6. The molecule has 0 spiro atoms. The Balaban J connectivity index is 0.00000109. The van der Waals surface area contributed by atoms with Gasteiger partial charge in [0.15, 0.2) is 11.2 Å². The Bertz CT molecular complexity index is 778. The first-order chi connectivity index (χ1) is 11.8. The van der Waals surface area contributed by atoms with E-state index in [0.29, 0.717) is 11.2 Å². The average molecular weight is 349 g/mol. The van der Waals surface area contributed by atoms with Crippen LogP contribution in [0.5, 0.6) is 0 Å². The molecule has 1 aliphatic heterocycles. The van der Waals surface area contributed by atoms with Gasteiger partial charge in [0.25, 0.3) is 5.56 Å². The fraction of sp³-hybridized carbons (Fsp3) is 0.722. The Morgan fingerprint density at radius 2 is 2.04 bits per heavy atom. The van der Waals surface area contributed by atoms with E-state index in [1.165, 1.54) is 4.57 Å². The number of ether oxygens (including phenoxy) is 1. The molecule has 2 aromatic rings. The van der Waals surface area contributed by atoms with Crippen LogP contribution in [0.25, 0.3) is 11.2 Å². The molecule has 0 bridgehead atoms. The van der Waals surface area contributed by atoms with E-state index in [0.717, 1.165) is 25.7 Å². The van der Waals surface area contributed by atoms with E-state index in [1.54, 1.807) is 13.4 Å². The highest BCUT2D eigenvalue weighted by molar-refractivity contribution is 5.70. The van der Waals surface area contributed by atoms with Crippen LogP contribution in [0.4, 0.5) is 5.95 Å². The molecule has 0 aromatic carbocycles. The number of fused-ring (bicyclic) bond motifs is 1. The molecule has 7 heteroatoms. The highest BCUT2D eigenvalue weighted by Gasteiger charge is 2.32. The third-order valence-corrected chi connectivity index (χ3v) is 4.97. The molecule has 3 heterocycles. The molecule has 1 aliphatic rings. The minimum absolute atomic E-state index is 0.128. The standard InChI is InChI=1S/C16H25N5O2.C2H6/c1-5-16(2,3)8-10-6-7-11(23-10)21-9-18-12-13(21)19-15(17)20(4)14(12)22;1-2/h9-11H,5-8H2,1-4H3,(H2,17,19);1-2H3/t10?,11-;/m1./s1. The molecule has 2 atom stereocenters. The van der Waals surface area contributed by atoms with Crippen LogP contribution >= 0.6 is 0 Å². The minimum atomic E-state index is -0.229. The summed E-state index contributed by atoms with van der Waals surface area (Å²) in [6, 6.07) is 0. The Morgan fingerprint density at radius 3 is 2.68 bits per heavy atom. The zero-order valence-electron chi connectivity index (χ0n) is 16.2. The average Bonchev–Trinajstić information content (AvgIpc) is 3.21. The number of rotatable bonds is 4. The molecular weight excluding hydrogens is 318 g/mol. The molecule has 7 nitrogen and oxygen atoms in total. The summed E-state index contributed by atoms with van der Waals surface area (Å²) in [6.07, 6.45) is 5.80. The number of hydrogen-bond donors (Lipinski definition) is 1. The summed E-state index contributed by atoms with van der Waals surface area (Å²) >= 11 is 0. The summed E-state index contributed by atoms with van der Waals surface area (Å²) in [4.78, 5) is 20.7. The molecular formula is C18H31N5O2. The minimum Gasteiger partial charge on any atom is -0.369 e. The smallest absolute Gasteiger partial charge is 0.282 e. The van der Waals surface area contributed by atoms with Crippen LogP contribution in [0.1, 0.15) is 66.5 Å². The van der Waals surface area contributed by atoms with Gasteiger partial charge in [-0.1, -0.05) is 41.0 Å². The molecule has 2 aromatic heterocycles. The summed E-state index contributed by atoms with van der Waals surface area (Å²) in [7, 11) is 1.60. The fourth-order valence-electron chi connectivity index (χ4n) is 3.08. The first-order valence-electron chi connectivity index (χ1n) is 9.17. The van der Waals surface area contributed by atoms with E-state index in [-0.39, 0.29) is 29.3 Å². The molecule has 0 aliphatic carbocycles. The molecule has 2 N–H and O–H groups in total. The summed E-state index contributed by atoms with van der Waals surface area (Å²) in [5.41, 5.74) is 6.70. The second-order valence-electron chi connectivity index (χ2n) is 7.17. The van der Waals surface area contributed by atoms with Crippen molar-refractivity contribution < 1.29 is 4.74 Å². The maximum Gasteiger partial charge on any atom is 0.282 e. The lowest BCUT2D eigenvalue weighted by Crippen LogP contribution is -2.23. The van der Waals surface area contributed by atoms with E-state index in [1.807, 2.05) is 18.4 Å². The van der Waals surface area contributed by atoms with Gasteiger partial charge < -0.3 is 10.5 Å². The summed E-state index contributed by atoms with van der Waals surface area (Å²) in [5, 5.41) is 0. The number of anilines is 1. The molecule has 25 heavy (non-hydrogen) atoms. The Kier molecular flexibility index (Phi) is 5.87. The van der Waals surface area contributed by atoms with Gasteiger partial charge in [-0.25, -0.2) is 4.98 Å². The van der Waals surface area contributed by atoms with Crippen LogP contribution in [-0.2, 0) is 11.8 Å². The fourth-order valence-corrected chi connectivity index (χ4v) is 3.08. The summed E-state index contributed by atoms with van der Waals surface area (Å²) in [6.45, 7) is 10.7. The second kappa shape index (κ2) is 7.56. The van der Waals surface area contributed by atoms with Gasteiger partial charge in [0.05, 0.1) is 12.4 Å². The summed E-state index contributed by atoms with van der Waals surface area (Å²) in [5.74, 6) is 0.186. The Labute approximate surface area is 149 Å². The number of hydrogen-bond acceptors (Lipinski definition) is 5. The topological polar surface area (TPSA) is 88.0 Å². The molecule has 0 saturated carbocycles. The third kappa shape index (κ3) is 3.86. The number of imidazole rings is 1. The highest BCUT2D eigenvalue weighted by atomic mass is 16.5. The lowest BCUT2D eigenvalue weighted by atomic mass is 9.83. The van der Waals surface area contributed by atoms with E-state index in [9.17, 15) is 4.79 Å². The maximum absolute atomic E-state index is 12.2. The molecule has 0 amide bonds. The molecule has 1 unspecified atom stereocenters. The Hall–Kier alpha value is -1.89. The predicted molar refractivity (Wildman–Crippen MR) is 100 cm³/mol. The van der Waals surface area contributed by atoms with Crippen molar-refractivity contribution in [3.8, 4) is 0 Å². The van der Waals surface area contributed by atoms with Gasteiger partial charge in [-0.05, 0) is 24.7 Å². The van der Waals surface area contributed by atoms with Gasteiger partial charge in [-0.15, -0.1) is 0 Å². The van der Waals surface area contributed by atoms with Crippen molar-refractivity contribution in [1.29, 1.82) is 0 Å². The van der Waals surface area contributed by atoms with Crippen molar-refractivity contribution >= 4 is 17.1 Å². The molecule has 1 fully saturated rings. The van der Waals surface area contributed by atoms with Gasteiger partial charge in [0.1, 0.15) is 6.23 Å². The van der Waals surface area contributed by atoms with Crippen LogP contribution in [0.2, 0.25) is 0 Å². The van der Waals surface area contributed by atoms with Gasteiger partial charge in [0.2, 0.25) is 5.95 Å². The van der Waals surface area contributed by atoms with Crippen LogP contribution in [0, 0.1) is 5.41 Å². The highest BCUT2D eigenvalue weighted by Crippen LogP contribution is 2.37. The van der Waals surface area contributed by atoms with Crippen molar-refractivity contribution in [1.82, 2.24) is 19.1 Å². The van der Waals surface area contributed by atoms with Gasteiger partial charge in [0, 0.05) is 7.05 Å². The maximum atomic E-state index is 12.2. The third-order valence-electron chi connectivity index (χ3n) is 4.97. The monoisotopic (exact) mass is 349 g/mol. The van der Waals surface area contributed by atoms with Gasteiger partial charge >= 0.3 is 0 Å². The zero-order valence-corrected chi connectivity index (χ0v) is 16.2. The van der Waals surface area contributed by atoms with Crippen LogP contribution in [0.3, 0.4) is 0 Å². The van der Waals surface area contributed by atoms with E-state index in [4.69, 9.17) is 10.5 Å². The first kappa shape index (κ1) is 19.4. The second-order valence-corrected chi connectivity index (χ2v) is 7.17. The van der Waals surface area contributed by atoms with Crippen molar-refractivity contribution in [2.24, 2.45) is 12.5 Å². The molecule has 140 valence electrons. The number of aromatic nitrogens is 4. The molecule has 0 radical (unpaired) electrons. The number of nitrogens with zero attached hydrogens (tertiary/aromatic N) is 4. The molecule has 1 saturated heterocycles. The van der Waals surface area contributed by atoms with E-state index < -0.39 is 0 Å². The van der Waals surface area contributed by atoms with Crippen molar-refractivity contribution in [2.75, 3.05) is 5.73 Å². The van der Waals surface area contributed by atoms with Gasteiger partial charge in [-0.2, -0.15) is 4.98 Å². The van der Waals surface area contributed by atoms with Crippen LogP contribution < -0.4 is 11.3 Å². The van der Waals surface area contributed by atoms with Crippen molar-refractivity contribution in [3.05, 3.63) is 16.7 Å². The van der Waals surface area contributed by atoms with E-state index >= 15 is 0 Å². The van der Waals surface area contributed by atoms with E-state index in [2.05, 4.69) is 30.7 Å². The zero-order chi connectivity index (χ0) is 18.8. The predicted octanol–water partition coefficient (Wildman–Crippen LogP) is 3.24. The Morgan fingerprint density at radius 1 is 1.36 bits per heavy atom. The number of nitrogen functional groups attached to an aromatic ring is 1. The van der Waals surface area contributed by atoms with Crippen LogP contribution in [-0.4, -0.2) is 25.2 Å². The lowest BCUT2D eigenvalue weighted by molar-refractivity contribution is -0.0152. The SMILES string of the molecule is CC.CCC(C)(C)CC1CC[C@H](n2cnc3c(=O)n(C)c(N)nc32)O1. The first-order valence-corrected chi connectivity index (χ1v) is 9.17. The lowest BCUT2D eigenvalue weighted by Gasteiger charge is -2.26. The quantitative estimate of drug-likeness (QED) is 0.915. The summed E-state index contributed by atoms with van der Waals surface area (Å²) < 4.78 is 9.34. The number of nitrogens with two attached hydrogens (primary N) is 1. The molecule has 3 rings (SSSR count). The van der Waals surface area contributed by atoms with Gasteiger partial charge in [-0.3, -0.25) is 13.9 Å².